The van der Waals surface area contributed by atoms with Gasteiger partial charge in [-0.25, -0.2) is 4.98 Å². The first kappa shape index (κ1) is 11.0. The van der Waals surface area contributed by atoms with Gasteiger partial charge < -0.3 is 5.32 Å². The van der Waals surface area contributed by atoms with Crippen LogP contribution in [0.5, 0.6) is 0 Å². The standard InChI is InChI=1S/C11H11N5O/c17-11(13-7-10-14-8-15-16-10)4-3-9-2-1-5-12-6-9/h1-6,8H,7H2,(H,13,17)(H,14,15,16)/b4-3+. The van der Waals surface area contributed by atoms with Crippen LogP contribution in [0.1, 0.15) is 11.4 Å². The smallest absolute Gasteiger partial charge is 0.244 e. The molecule has 0 bridgehead atoms. The predicted molar refractivity (Wildman–Crippen MR) is 61.5 cm³/mol. The molecule has 0 unspecified atom stereocenters. The van der Waals surface area contributed by atoms with E-state index in [4.69, 9.17) is 0 Å². The molecule has 0 aromatic carbocycles. The van der Waals surface area contributed by atoms with Crippen LogP contribution in [0.4, 0.5) is 0 Å². The summed E-state index contributed by atoms with van der Waals surface area (Å²) in [6.07, 6.45) is 7.91. The molecule has 86 valence electrons. The van der Waals surface area contributed by atoms with Gasteiger partial charge in [0, 0.05) is 18.5 Å². The first-order valence-corrected chi connectivity index (χ1v) is 5.05. The summed E-state index contributed by atoms with van der Waals surface area (Å²) in [6.45, 7) is 0.330. The maximum atomic E-state index is 11.4. The number of carbonyl (C=O) groups is 1. The molecule has 0 saturated carbocycles. The molecule has 2 heterocycles. The Morgan fingerprint density at radius 2 is 2.47 bits per heavy atom. The number of H-pyrrole nitrogens is 1. The Balaban J connectivity index is 1.83. The second-order valence-corrected chi connectivity index (χ2v) is 3.27. The molecule has 0 atom stereocenters. The Morgan fingerprint density at radius 1 is 1.53 bits per heavy atom. The van der Waals surface area contributed by atoms with E-state index in [9.17, 15) is 4.79 Å². The fourth-order valence-electron chi connectivity index (χ4n) is 1.19. The molecular weight excluding hydrogens is 218 g/mol. The third-order valence-electron chi connectivity index (χ3n) is 2.01. The van der Waals surface area contributed by atoms with Gasteiger partial charge in [-0.3, -0.25) is 14.9 Å². The van der Waals surface area contributed by atoms with Crippen LogP contribution in [-0.2, 0) is 11.3 Å². The van der Waals surface area contributed by atoms with E-state index in [1.54, 1.807) is 18.5 Å². The van der Waals surface area contributed by atoms with Gasteiger partial charge in [-0.15, -0.1) is 0 Å². The zero-order chi connectivity index (χ0) is 11.9. The van der Waals surface area contributed by atoms with Gasteiger partial charge in [0.1, 0.15) is 12.2 Å². The van der Waals surface area contributed by atoms with Crippen molar-refractivity contribution in [2.75, 3.05) is 0 Å². The van der Waals surface area contributed by atoms with E-state index in [2.05, 4.69) is 25.5 Å². The first-order valence-electron chi connectivity index (χ1n) is 5.05. The Labute approximate surface area is 97.8 Å². The molecule has 1 amide bonds. The van der Waals surface area contributed by atoms with Crippen molar-refractivity contribution in [1.82, 2.24) is 25.5 Å². The molecule has 0 radical (unpaired) electrons. The van der Waals surface area contributed by atoms with E-state index in [-0.39, 0.29) is 5.91 Å². The molecule has 0 aliphatic carbocycles. The zero-order valence-corrected chi connectivity index (χ0v) is 9.00. The quantitative estimate of drug-likeness (QED) is 0.749. The van der Waals surface area contributed by atoms with Crippen LogP contribution in [-0.4, -0.2) is 26.1 Å². The number of amides is 1. The van der Waals surface area contributed by atoms with Crippen molar-refractivity contribution in [3.05, 3.63) is 48.3 Å². The van der Waals surface area contributed by atoms with Crippen LogP contribution >= 0.6 is 0 Å². The van der Waals surface area contributed by atoms with Gasteiger partial charge in [-0.05, 0) is 17.7 Å². The van der Waals surface area contributed by atoms with Crippen LogP contribution in [0.25, 0.3) is 6.08 Å². The summed E-state index contributed by atoms with van der Waals surface area (Å²) < 4.78 is 0. The summed E-state index contributed by atoms with van der Waals surface area (Å²) >= 11 is 0. The van der Waals surface area contributed by atoms with Crippen LogP contribution in [0, 0.1) is 0 Å². The van der Waals surface area contributed by atoms with Crippen molar-refractivity contribution in [3.8, 4) is 0 Å². The average molecular weight is 229 g/mol. The summed E-state index contributed by atoms with van der Waals surface area (Å²) in [5.74, 6) is 0.429. The summed E-state index contributed by atoms with van der Waals surface area (Å²) in [4.78, 5) is 19.3. The Morgan fingerprint density at radius 3 is 3.18 bits per heavy atom. The number of hydrogen-bond donors (Lipinski definition) is 2. The summed E-state index contributed by atoms with van der Waals surface area (Å²) in [5.41, 5.74) is 0.877. The highest BCUT2D eigenvalue weighted by Gasteiger charge is 1.98. The third kappa shape index (κ3) is 3.53. The van der Waals surface area contributed by atoms with E-state index in [0.29, 0.717) is 12.4 Å². The lowest BCUT2D eigenvalue weighted by molar-refractivity contribution is -0.116. The van der Waals surface area contributed by atoms with Gasteiger partial charge in [-0.1, -0.05) is 6.07 Å². The lowest BCUT2D eigenvalue weighted by Gasteiger charge is -1.97. The number of nitrogens with zero attached hydrogens (tertiary/aromatic N) is 3. The zero-order valence-electron chi connectivity index (χ0n) is 9.00. The van der Waals surface area contributed by atoms with Gasteiger partial charge in [0.2, 0.25) is 5.91 Å². The SMILES string of the molecule is O=C(/C=C/c1cccnc1)NCc1ncn[nH]1. The van der Waals surface area contributed by atoms with Crippen LogP contribution in [0.3, 0.4) is 0 Å². The average Bonchev–Trinajstić information content (AvgIpc) is 2.88. The van der Waals surface area contributed by atoms with E-state index in [1.165, 1.54) is 12.4 Å². The number of aromatic amines is 1. The number of pyridine rings is 1. The van der Waals surface area contributed by atoms with Crippen molar-refractivity contribution in [3.63, 3.8) is 0 Å². The fraction of sp³-hybridized carbons (Fsp3) is 0.0909. The van der Waals surface area contributed by atoms with Gasteiger partial charge >= 0.3 is 0 Å². The molecule has 0 fully saturated rings. The lowest BCUT2D eigenvalue weighted by atomic mass is 10.2. The van der Waals surface area contributed by atoms with Crippen molar-refractivity contribution in [1.29, 1.82) is 0 Å². The number of rotatable bonds is 4. The van der Waals surface area contributed by atoms with Crippen LogP contribution in [0.15, 0.2) is 36.9 Å². The molecule has 6 heteroatoms. The summed E-state index contributed by atoms with van der Waals surface area (Å²) in [5, 5.41) is 9.01. The van der Waals surface area contributed by atoms with Crippen LogP contribution in [0.2, 0.25) is 0 Å². The minimum Gasteiger partial charge on any atom is -0.345 e. The van der Waals surface area contributed by atoms with Crippen molar-refractivity contribution < 1.29 is 4.79 Å². The monoisotopic (exact) mass is 229 g/mol. The van der Waals surface area contributed by atoms with Gasteiger partial charge in [0.05, 0.1) is 6.54 Å². The fourth-order valence-corrected chi connectivity index (χ4v) is 1.19. The second-order valence-electron chi connectivity index (χ2n) is 3.27. The van der Waals surface area contributed by atoms with Crippen molar-refractivity contribution in [2.45, 2.75) is 6.54 Å². The van der Waals surface area contributed by atoms with E-state index >= 15 is 0 Å². The van der Waals surface area contributed by atoms with Gasteiger partial charge in [0.15, 0.2) is 0 Å². The summed E-state index contributed by atoms with van der Waals surface area (Å²) in [7, 11) is 0. The highest BCUT2D eigenvalue weighted by molar-refractivity contribution is 5.91. The number of hydrogen-bond acceptors (Lipinski definition) is 4. The van der Waals surface area contributed by atoms with Crippen molar-refractivity contribution >= 4 is 12.0 Å². The van der Waals surface area contributed by atoms with Gasteiger partial charge in [0.25, 0.3) is 0 Å². The third-order valence-corrected chi connectivity index (χ3v) is 2.01. The number of carbonyl (C=O) groups excluding carboxylic acids is 1. The van der Waals surface area contributed by atoms with Gasteiger partial charge in [-0.2, -0.15) is 5.10 Å². The normalized spacial score (nSPS) is 10.6. The maximum Gasteiger partial charge on any atom is 0.244 e. The molecule has 0 saturated heterocycles. The molecular formula is C11H11N5O. The number of nitrogens with one attached hydrogen (secondary N) is 2. The maximum absolute atomic E-state index is 11.4. The van der Waals surface area contributed by atoms with E-state index in [1.807, 2.05) is 12.1 Å². The molecule has 2 rings (SSSR count). The minimum atomic E-state index is -0.190. The molecule has 2 aromatic rings. The molecule has 0 aliphatic heterocycles. The molecule has 2 aromatic heterocycles. The molecule has 0 aliphatic rings. The molecule has 6 nitrogen and oxygen atoms in total. The Hall–Kier alpha value is -2.50. The molecule has 2 N–H and O–H groups in total. The minimum absolute atomic E-state index is 0.190. The Kier molecular flexibility index (Phi) is 3.59. The highest BCUT2D eigenvalue weighted by atomic mass is 16.1. The predicted octanol–water partition coefficient (Wildman–Crippen LogP) is 0.529. The first-order chi connectivity index (χ1) is 8.34. The highest BCUT2D eigenvalue weighted by Crippen LogP contribution is 1.98. The Bertz CT molecular complexity index is 492. The van der Waals surface area contributed by atoms with Crippen molar-refractivity contribution in [2.24, 2.45) is 0 Å². The lowest BCUT2D eigenvalue weighted by Crippen LogP contribution is -2.20. The second kappa shape index (κ2) is 5.55. The molecule has 0 spiro atoms. The molecule has 17 heavy (non-hydrogen) atoms. The van der Waals surface area contributed by atoms with E-state index < -0.39 is 0 Å². The summed E-state index contributed by atoms with van der Waals surface area (Å²) in [6, 6.07) is 3.68. The largest absolute Gasteiger partial charge is 0.345 e. The van der Waals surface area contributed by atoms with Crippen LogP contribution < -0.4 is 5.32 Å². The topological polar surface area (TPSA) is 83.6 Å². The number of aromatic nitrogens is 4. The van der Waals surface area contributed by atoms with E-state index in [0.717, 1.165) is 5.56 Å².